The molecule has 1 fully saturated rings. The Hall–Kier alpha value is -4.18. The van der Waals surface area contributed by atoms with Gasteiger partial charge in [-0.05, 0) is 43.2 Å². The number of Topliss-reactive ketones (excluding diaryl/α,β-unsaturated/α-hetero) is 1. The van der Waals surface area contributed by atoms with Crippen molar-refractivity contribution in [1.29, 1.82) is 0 Å². The van der Waals surface area contributed by atoms with E-state index in [0.29, 0.717) is 34.9 Å². The van der Waals surface area contributed by atoms with Crippen LogP contribution in [0.2, 0.25) is 0 Å². The fourth-order valence-corrected chi connectivity index (χ4v) is 5.02. The van der Waals surface area contributed by atoms with Crippen LogP contribution in [0.1, 0.15) is 45.9 Å². The molecule has 1 aromatic heterocycles. The third-order valence-electron chi connectivity index (χ3n) is 5.82. The predicted molar refractivity (Wildman–Crippen MR) is 138 cm³/mol. The van der Waals surface area contributed by atoms with Gasteiger partial charge in [-0.25, -0.2) is 9.78 Å². The number of hydrogen-bond donors (Lipinski definition) is 1. The molecule has 2 heterocycles. The molecule has 9 nitrogen and oxygen atoms in total. The number of ketones is 1. The second kappa shape index (κ2) is 10.8. The smallest absolute Gasteiger partial charge is 0.350 e. The standard InChI is InChI=1S/C27H26N2O7S/c1-5-13-36-19-8-6-7-17(14-19)22(30)20-21(16-9-11-18(34-3)12-10-16)29(25(32)23(20)31)27-28-15(2)24(37-27)26(33)35-4/h6-12,14,21,30H,5,13H2,1-4H3/b22-20+. The molecule has 0 bridgehead atoms. The first-order valence-corrected chi connectivity index (χ1v) is 12.4. The van der Waals surface area contributed by atoms with E-state index in [-0.39, 0.29) is 21.3 Å². The molecule has 1 saturated heterocycles. The quantitative estimate of drug-likeness (QED) is 0.197. The Morgan fingerprint density at radius 2 is 1.84 bits per heavy atom. The summed E-state index contributed by atoms with van der Waals surface area (Å²) in [6.45, 7) is 4.09. The second-order valence-electron chi connectivity index (χ2n) is 8.22. The summed E-state index contributed by atoms with van der Waals surface area (Å²) < 4.78 is 15.7. The number of aryl methyl sites for hydroxylation is 1. The van der Waals surface area contributed by atoms with Gasteiger partial charge < -0.3 is 19.3 Å². The number of anilines is 1. The van der Waals surface area contributed by atoms with Crippen LogP contribution in [-0.2, 0) is 14.3 Å². The highest BCUT2D eigenvalue weighted by Gasteiger charge is 2.48. The number of nitrogens with zero attached hydrogens (tertiary/aromatic N) is 2. The first-order valence-electron chi connectivity index (χ1n) is 11.5. The molecule has 1 amide bonds. The van der Waals surface area contributed by atoms with Crippen molar-refractivity contribution >= 4 is 39.9 Å². The van der Waals surface area contributed by atoms with Crippen LogP contribution >= 0.6 is 11.3 Å². The molecule has 4 rings (SSSR count). The Bertz CT molecular complexity index is 1380. The molecule has 1 N–H and O–H groups in total. The van der Waals surface area contributed by atoms with E-state index in [1.807, 2.05) is 6.92 Å². The summed E-state index contributed by atoms with van der Waals surface area (Å²) in [5.74, 6) is -1.57. The molecule has 192 valence electrons. The van der Waals surface area contributed by atoms with Gasteiger partial charge >= 0.3 is 11.9 Å². The van der Waals surface area contributed by atoms with E-state index in [1.54, 1.807) is 55.5 Å². The molecule has 37 heavy (non-hydrogen) atoms. The zero-order chi connectivity index (χ0) is 26.7. The Labute approximate surface area is 217 Å². The molecular weight excluding hydrogens is 496 g/mol. The molecule has 2 aromatic carbocycles. The highest BCUT2D eigenvalue weighted by molar-refractivity contribution is 7.17. The van der Waals surface area contributed by atoms with Crippen molar-refractivity contribution < 1.29 is 33.7 Å². The normalized spacial score (nSPS) is 16.6. The van der Waals surface area contributed by atoms with Gasteiger partial charge in [0.05, 0.1) is 38.1 Å². The molecule has 10 heteroatoms. The number of rotatable bonds is 8. The lowest BCUT2D eigenvalue weighted by atomic mass is 9.95. The number of ether oxygens (including phenoxy) is 3. The SMILES string of the molecule is CCCOc1cccc(/C(O)=C2\C(=O)C(=O)N(c3nc(C)c(C(=O)OC)s3)C2c2ccc(OC)cc2)c1. The van der Waals surface area contributed by atoms with E-state index in [0.717, 1.165) is 17.8 Å². The zero-order valence-corrected chi connectivity index (χ0v) is 21.6. The van der Waals surface area contributed by atoms with Crippen molar-refractivity contribution in [3.05, 3.63) is 75.8 Å². The predicted octanol–water partition coefficient (Wildman–Crippen LogP) is 4.66. The van der Waals surface area contributed by atoms with Crippen LogP contribution in [0.15, 0.2) is 54.1 Å². The van der Waals surface area contributed by atoms with Gasteiger partial charge in [-0.15, -0.1) is 0 Å². The summed E-state index contributed by atoms with van der Waals surface area (Å²) in [5.41, 5.74) is 1.14. The van der Waals surface area contributed by atoms with Crippen molar-refractivity contribution in [2.24, 2.45) is 0 Å². The molecule has 0 saturated carbocycles. The van der Waals surface area contributed by atoms with Crippen molar-refractivity contribution in [3.63, 3.8) is 0 Å². The Morgan fingerprint density at radius 3 is 2.49 bits per heavy atom. The molecule has 0 spiro atoms. The summed E-state index contributed by atoms with van der Waals surface area (Å²) in [6.07, 6.45) is 0.805. The van der Waals surface area contributed by atoms with Crippen molar-refractivity contribution in [3.8, 4) is 11.5 Å². The van der Waals surface area contributed by atoms with Crippen molar-refractivity contribution in [2.75, 3.05) is 25.7 Å². The van der Waals surface area contributed by atoms with Crippen LogP contribution in [0.4, 0.5) is 5.13 Å². The number of methoxy groups -OCH3 is 2. The van der Waals surface area contributed by atoms with Crippen LogP contribution < -0.4 is 14.4 Å². The molecule has 1 atom stereocenters. The Kier molecular flexibility index (Phi) is 7.58. The highest BCUT2D eigenvalue weighted by Crippen LogP contribution is 2.44. The van der Waals surface area contributed by atoms with Gasteiger partial charge in [-0.2, -0.15) is 0 Å². The summed E-state index contributed by atoms with van der Waals surface area (Å²) in [6, 6.07) is 12.5. The zero-order valence-electron chi connectivity index (χ0n) is 20.8. The monoisotopic (exact) mass is 522 g/mol. The molecular formula is C27H26N2O7S. The Balaban J connectivity index is 1.89. The van der Waals surface area contributed by atoms with Crippen LogP contribution in [0.25, 0.3) is 5.76 Å². The fourth-order valence-electron chi connectivity index (χ4n) is 4.01. The van der Waals surface area contributed by atoms with E-state index < -0.39 is 23.7 Å². The average molecular weight is 523 g/mol. The minimum atomic E-state index is -0.998. The summed E-state index contributed by atoms with van der Waals surface area (Å²) >= 11 is 0.941. The lowest BCUT2D eigenvalue weighted by Gasteiger charge is -2.23. The molecule has 0 radical (unpaired) electrons. The van der Waals surface area contributed by atoms with Gasteiger partial charge in [0, 0.05) is 5.56 Å². The van der Waals surface area contributed by atoms with E-state index in [2.05, 4.69) is 4.98 Å². The third kappa shape index (κ3) is 4.92. The van der Waals surface area contributed by atoms with Gasteiger partial charge in [0.1, 0.15) is 22.1 Å². The van der Waals surface area contributed by atoms with Crippen LogP contribution in [-0.4, -0.2) is 48.6 Å². The minimum absolute atomic E-state index is 0.102. The number of aliphatic hydroxyl groups excluding tert-OH is 1. The maximum Gasteiger partial charge on any atom is 0.350 e. The number of carbonyl (C=O) groups excluding carboxylic acids is 3. The number of benzene rings is 2. The maximum atomic E-state index is 13.4. The summed E-state index contributed by atoms with van der Waals surface area (Å²) in [7, 11) is 2.78. The van der Waals surface area contributed by atoms with Crippen molar-refractivity contribution in [2.45, 2.75) is 26.3 Å². The van der Waals surface area contributed by atoms with Gasteiger partial charge in [-0.1, -0.05) is 42.5 Å². The van der Waals surface area contributed by atoms with E-state index in [9.17, 15) is 19.5 Å². The average Bonchev–Trinajstić information content (AvgIpc) is 3.43. The lowest BCUT2D eigenvalue weighted by molar-refractivity contribution is -0.132. The van der Waals surface area contributed by atoms with Crippen molar-refractivity contribution in [1.82, 2.24) is 4.98 Å². The molecule has 1 aliphatic rings. The number of esters is 1. The largest absolute Gasteiger partial charge is 0.507 e. The first-order chi connectivity index (χ1) is 17.8. The minimum Gasteiger partial charge on any atom is -0.507 e. The van der Waals surface area contributed by atoms with Gasteiger partial charge in [0.25, 0.3) is 5.78 Å². The Morgan fingerprint density at radius 1 is 1.11 bits per heavy atom. The number of thiazole rings is 1. The topological polar surface area (TPSA) is 115 Å². The van der Waals surface area contributed by atoms with Crippen LogP contribution in [0, 0.1) is 6.92 Å². The number of carbonyl (C=O) groups is 3. The summed E-state index contributed by atoms with van der Waals surface area (Å²) in [4.78, 5) is 44.7. The van der Waals surface area contributed by atoms with E-state index in [1.165, 1.54) is 19.1 Å². The maximum absolute atomic E-state index is 13.4. The second-order valence-corrected chi connectivity index (χ2v) is 9.20. The first kappa shape index (κ1) is 25.9. The molecule has 1 aliphatic heterocycles. The number of amides is 1. The van der Waals surface area contributed by atoms with Crippen LogP contribution in [0.3, 0.4) is 0 Å². The molecule has 3 aromatic rings. The van der Waals surface area contributed by atoms with Gasteiger partial charge in [0.15, 0.2) is 5.13 Å². The highest BCUT2D eigenvalue weighted by atomic mass is 32.1. The number of aromatic nitrogens is 1. The summed E-state index contributed by atoms with van der Waals surface area (Å²) in [5, 5.41) is 11.5. The molecule has 1 unspecified atom stereocenters. The van der Waals surface area contributed by atoms with Gasteiger partial charge in [-0.3, -0.25) is 14.5 Å². The van der Waals surface area contributed by atoms with E-state index in [4.69, 9.17) is 14.2 Å². The lowest BCUT2D eigenvalue weighted by Crippen LogP contribution is -2.29. The number of hydrogen-bond acceptors (Lipinski definition) is 9. The fraction of sp³-hybridized carbons (Fsp3) is 0.259. The number of aliphatic hydroxyl groups is 1. The van der Waals surface area contributed by atoms with Crippen LogP contribution in [0.5, 0.6) is 11.5 Å². The van der Waals surface area contributed by atoms with E-state index >= 15 is 0 Å². The van der Waals surface area contributed by atoms with Gasteiger partial charge in [0.2, 0.25) is 0 Å². The third-order valence-corrected chi connectivity index (χ3v) is 6.96. The molecule has 0 aliphatic carbocycles.